The first-order valence-corrected chi connectivity index (χ1v) is 12.1. The summed E-state index contributed by atoms with van der Waals surface area (Å²) in [5.74, 6) is -1.18. The first kappa shape index (κ1) is 26.4. The highest BCUT2D eigenvalue weighted by atomic mass is 16.5. The van der Waals surface area contributed by atoms with Gasteiger partial charge in [0.2, 0.25) is 11.8 Å². The van der Waals surface area contributed by atoms with Gasteiger partial charge in [-0.05, 0) is 44.9 Å². The van der Waals surface area contributed by atoms with Crippen molar-refractivity contribution in [3.05, 3.63) is 60.4 Å². The minimum Gasteiger partial charge on any atom is -0.478 e. The van der Waals surface area contributed by atoms with Crippen LogP contribution in [0.5, 0.6) is 0 Å². The van der Waals surface area contributed by atoms with Gasteiger partial charge in [-0.1, -0.05) is 57.7 Å². The van der Waals surface area contributed by atoms with Crippen molar-refractivity contribution < 1.29 is 18.9 Å². The first-order valence-electron chi connectivity index (χ1n) is 12.1. The summed E-state index contributed by atoms with van der Waals surface area (Å²) < 4.78 is 7.38. The molecule has 0 bridgehead atoms. The molecule has 0 aliphatic heterocycles. The number of hydrogen-bond acceptors (Lipinski definition) is 4. The number of ether oxygens (including phenoxy) is 1. The van der Waals surface area contributed by atoms with Crippen molar-refractivity contribution in [3.8, 4) is 0 Å². The highest BCUT2D eigenvalue weighted by Crippen LogP contribution is 2.23. The molecule has 33 heavy (non-hydrogen) atoms. The zero-order valence-electron chi connectivity index (χ0n) is 20.8. The van der Waals surface area contributed by atoms with Gasteiger partial charge in [0.05, 0.1) is 5.69 Å². The Labute approximate surface area is 198 Å². The van der Waals surface area contributed by atoms with E-state index in [1.54, 1.807) is 6.92 Å². The van der Waals surface area contributed by atoms with Crippen molar-refractivity contribution in [2.75, 3.05) is 0 Å². The smallest absolute Gasteiger partial charge is 0.266 e. The maximum absolute atomic E-state index is 13.3. The van der Waals surface area contributed by atoms with Crippen LogP contribution >= 0.6 is 0 Å². The molecule has 2 aromatic rings. The zero-order chi connectivity index (χ0) is 24.3. The summed E-state index contributed by atoms with van der Waals surface area (Å²) in [6.45, 7) is 9.86. The van der Waals surface area contributed by atoms with Gasteiger partial charge in [0.1, 0.15) is 5.60 Å². The third kappa shape index (κ3) is 8.91. The number of aliphatic imine (C=N–C) groups is 1. The van der Waals surface area contributed by atoms with E-state index in [9.17, 15) is 9.59 Å². The molecule has 0 saturated heterocycles. The SMILES string of the molecule is CCCCCCCC(C(=O)C(=O)C(C)c1ccc(N=COC(C)(C)C)cc1)[n+]1ccccc1. The molecule has 2 unspecified atom stereocenters. The summed E-state index contributed by atoms with van der Waals surface area (Å²) in [6.07, 6.45) is 11.4. The fourth-order valence-electron chi connectivity index (χ4n) is 3.60. The number of Topliss-reactive ketones (excluding diaryl/α,β-unsaturated/α-hetero) is 2. The second-order valence-electron chi connectivity index (χ2n) is 9.55. The molecule has 1 aromatic carbocycles. The summed E-state index contributed by atoms with van der Waals surface area (Å²) in [7, 11) is 0. The Hall–Kier alpha value is -2.82. The van der Waals surface area contributed by atoms with Crippen LogP contribution in [-0.4, -0.2) is 23.6 Å². The lowest BCUT2D eigenvalue weighted by Crippen LogP contribution is -2.46. The molecular weight excluding hydrogens is 412 g/mol. The van der Waals surface area contributed by atoms with E-state index in [1.807, 2.05) is 80.2 Å². The average Bonchev–Trinajstić information content (AvgIpc) is 2.80. The van der Waals surface area contributed by atoms with Crippen molar-refractivity contribution in [1.29, 1.82) is 0 Å². The van der Waals surface area contributed by atoms with Crippen molar-refractivity contribution in [2.24, 2.45) is 4.99 Å². The molecule has 0 saturated carbocycles. The molecule has 1 heterocycles. The molecule has 0 amide bonds. The van der Waals surface area contributed by atoms with E-state index in [0.29, 0.717) is 6.42 Å². The van der Waals surface area contributed by atoms with Crippen LogP contribution in [0.25, 0.3) is 0 Å². The maximum Gasteiger partial charge on any atom is 0.266 e. The Balaban J connectivity index is 2.08. The van der Waals surface area contributed by atoms with Crippen LogP contribution in [-0.2, 0) is 14.3 Å². The number of ketones is 2. The number of hydrogen-bond donors (Lipinski definition) is 0. The molecule has 2 rings (SSSR count). The van der Waals surface area contributed by atoms with Crippen molar-refractivity contribution in [1.82, 2.24) is 0 Å². The van der Waals surface area contributed by atoms with Gasteiger partial charge >= 0.3 is 0 Å². The number of carbonyl (C=O) groups excluding carboxylic acids is 2. The highest BCUT2D eigenvalue weighted by molar-refractivity contribution is 6.40. The predicted molar refractivity (Wildman–Crippen MR) is 133 cm³/mol. The minimum absolute atomic E-state index is 0.298. The molecule has 0 fully saturated rings. The molecule has 5 nitrogen and oxygen atoms in total. The standard InChI is InChI=1S/C28H39N2O3/c1-6-7-8-9-11-14-25(30-19-12-10-13-20-30)27(32)26(31)22(2)23-15-17-24(18-16-23)29-21-33-28(3,4)5/h10,12-13,15-22,25H,6-9,11,14H2,1-5H3/q+1. The summed E-state index contributed by atoms with van der Waals surface area (Å²) in [6, 6.07) is 12.6. The van der Waals surface area contributed by atoms with Crippen LogP contribution in [0.3, 0.4) is 0 Å². The highest BCUT2D eigenvalue weighted by Gasteiger charge is 2.35. The Bertz CT molecular complexity index is 899. The van der Waals surface area contributed by atoms with E-state index in [-0.39, 0.29) is 17.2 Å². The molecule has 0 aliphatic carbocycles. The molecule has 0 radical (unpaired) electrons. The van der Waals surface area contributed by atoms with Crippen LogP contribution in [0.15, 0.2) is 59.9 Å². The normalized spacial score (nSPS) is 13.6. The number of pyridine rings is 1. The van der Waals surface area contributed by atoms with E-state index in [4.69, 9.17) is 4.74 Å². The second-order valence-corrected chi connectivity index (χ2v) is 9.55. The van der Waals surface area contributed by atoms with Gasteiger partial charge in [-0.3, -0.25) is 9.59 Å². The third-order valence-electron chi connectivity index (χ3n) is 5.62. The summed E-state index contributed by atoms with van der Waals surface area (Å²) >= 11 is 0. The Morgan fingerprint density at radius 3 is 2.21 bits per heavy atom. The topological polar surface area (TPSA) is 59.6 Å². The number of rotatable bonds is 13. The maximum atomic E-state index is 13.3. The van der Waals surface area contributed by atoms with Crippen molar-refractivity contribution >= 4 is 23.7 Å². The lowest BCUT2D eigenvalue weighted by Gasteiger charge is -2.16. The second kappa shape index (κ2) is 13.0. The van der Waals surface area contributed by atoms with E-state index >= 15 is 0 Å². The summed E-state index contributed by atoms with van der Waals surface area (Å²) in [5, 5.41) is 0. The van der Waals surface area contributed by atoms with Gasteiger partial charge in [-0.25, -0.2) is 4.99 Å². The fourth-order valence-corrected chi connectivity index (χ4v) is 3.60. The van der Waals surface area contributed by atoms with E-state index in [1.165, 1.54) is 19.2 Å². The monoisotopic (exact) mass is 451 g/mol. The van der Waals surface area contributed by atoms with Gasteiger partial charge in [0.25, 0.3) is 5.78 Å². The number of carbonyl (C=O) groups is 2. The van der Waals surface area contributed by atoms with Crippen LogP contribution in [0.2, 0.25) is 0 Å². The van der Waals surface area contributed by atoms with Crippen LogP contribution in [0.1, 0.15) is 90.7 Å². The number of benzene rings is 1. The molecule has 178 valence electrons. The Morgan fingerprint density at radius 2 is 1.61 bits per heavy atom. The number of unbranched alkanes of at least 4 members (excludes halogenated alkanes) is 4. The van der Waals surface area contributed by atoms with Crippen molar-refractivity contribution in [3.63, 3.8) is 0 Å². The van der Waals surface area contributed by atoms with Gasteiger partial charge in [-0.2, -0.15) is 4.57 Å². The van der Waals surface area contributed by atoms with E-state index < -0.39 is 12.0 Å². The number of aromatic nitrogens is 1. The van der Waals surface area contributed by atoms with E-state index in [2.05, 4.69) is 11.9 Å². The van der Waals surface area contributed by atoms with Crippen LogP contribution in [0.4, 0.5) is 5.69 Å². The zero-order valence-corrected chi connectivity index (χ0v) is 20.8. The largest absolute Gasteiger partial charge is 0.478 e. The molecule has 0 spiro atoms. The molecule has 2 atom stereocenters. The van der Waals surface area contributed by atoms with E-state index in [0.717, 1.165) is 30.5 Å². The molecular formula is C28H39N2O3+. The lowest BCUT2D eigenvalue weighted by atomic mass is 9.90. The fraction of sp³-hybridized carbons (Fsp3) is 0.500. The quantitative estimate of drug-likeness (QED) is 0.118. The lowest BCUT2D eigenvalue weighted by molar-refractivity contribution is -0.709. The predicted octanol–water partition coefficient (Wildman–Crippen LogP) is 6.29. The third-order valence-corrected chi connectivity index (χ3v) is 5.62. The molecule has 0 aliphatic rings. The summed E-state index contributed by atoms with van der Waals surface area (Å²) in [5.41, 5.74) is 1.25. The first-order chi connectivity index (χ1) is 15.7. The molecule has 1 aromatic heterocycles. The Kier molecular flexibility index (Phi) is 10.4. The van der Waals surface area contributed by atoms with Crippen LogP contribution < -0.4 is 4.57 Å². The minimum atomic E-state index is -0.506. The van der Waals surface area contributed by atoms with Gasteiger partial charge in [-0.15, -0.1) is 0 Å². The van der Waals surface area contributed by atoms with Crippen molar-refractivity contribution in [2.45, 2.75) is 90.7 Å². The average molecular weight is 452 g/mol. The van der Waals surface area contributed by atoms with Gasteiger partial charge in [0.15, 0.2) is 18.8 Å². The molecule has 0 N–H and O–H groups in total. The Morgan fingerprint density at radius 1 is 0.970 bits per heavy atom. The van der Waals surface area contributed by atoms with Crippen LogP contribution in [0, 0.1) is 0 Å². The van der Waals surface area contributed by atoms with Gasteiger partial charge in [0, 0.05) is 24.5 Å². The number of nitrogens with zero attached hydrogens (tertiary/aromatic N) is 2. The van der Waals surface area contributed by atoms with Gasteiger partial charge < -0.3 is 4.74 Å². The summed E-state index contributed by atoms with van der Waals surface area (Å²) in [4.78, 5) is 30.7. The molecule has 5 heteroatoms.